The van der Waals surface area contributed by atoms with E-state index in [0.717, 1.165) is 45.4 Å². The molecule has 3 heterocycles. The number of hydrogen-bond acceptors (Lipinski definition) is 4. The monoisotopic (exact) mass is 283 g/mol. The Morgan fingerprint density at radius 2 is 1.75 bits per heavy atom. The summed E-state index contributed by atoms with van der Waals surface area (Å²) in [4.78, 5) is 0. The molecule has 4 nitrogen and oxygen atoms in total. The third-order valence-corrected chi connectivity index (χ3v) is 5.04. The molecule has 2 atom stereocenters. The minimum Gasteiger partial charge on any atom is -0.372 e. The number of rotatable bonds is 2. The molecule has 0 bridgehead atoms. The van der Waals surface area contributed by atoms with Crippen molar-refractivity contribution in [2.75, 3.05) is 19.7 Å². The van der Waals surface area contributed by atoms with E-state index < -0.39 is 0 Å². The highest BCUT2D eigenvalue weighted by atomic mass is 16.6. The first-order chi connectivity index (χ1) is 9.30. The van der Waals surface area contributed by atoms with Crippen LogP contribution >= 0.6 is 0 Å². The molecule has 0 radical (unpaired) electrons. The van der Waals surface area contributed by atoms with Crippen LogP contribution in [-0.4, -0.2) is 48.7 Å². The molecule has 3 saturated heterocycles. The van der Waals surface area contributed by atoms with Crippen molar-refractivity contribution in [3.8, 4) is 0 Å². The fourth-order valence-electron chi connectivity index (χ4n) is 4.08. The minimum atomic E-state index is -0.201. The van der Waals surface area contributed by atoms with Gasteiger partial charge in [0.15, 0.2) is 0 Å². The maximum Gasteiger partial charge on any atom is 0.0895 e. The van der Waals surface area contributed by atoms with Crippen molar-refractivity contribution in [2.24, 2.45) is 0 Å². The van der Waals surface area contributed by atoms with Crippen LogP contribution in [0.5, 0.6) is 0 Å². The van der Waals surface area contributed by atoms with Gasteiger partial charge in [-0.25, -0.2) is 0 Å². The predicted molar refractivity (Wildman–Crippen MR) is 77.9 cm³/mol. The van der Waals surface area contributed by atoms with Crippen LogP contribution in [0.15, 0.2) is 0 Å². The maximum atomic E-state index is 6.38. The predicted octanol–water partition coefficient (Wildman–Crippen LogP) is 2.26. The molecule has 3 aliphatic rings. The van der Waals surface area contributed by atoms with E-state index in [1.54, 1.807) is 0 Å². The van der Waals surface area contributed by atoms with Gasteiger partial charge in [-0.3, -0.25) is 0 Å². The van der Waals surface area contributed by atoms with E-state index >= 15 is 0 Å². The van der Waals surface area contributed by atoms with Crippen LogP contribution in [-0.2, 0) is 14.2 Å². The Kier molecular flexibility index (Phi) is 3.65. The zero-order valence-electron chi connectivity index (χ0n) is 13.3. The van der Waals surface area contributed by atoms with Crippen LogP contribution in [0.3, 0.4) is 0 Å². The molecule has 0 saturated carbocycles. The molecule has 0 amide bonds. The summed E-state index contributed by atoms with van der Waals surface area (Å²) >= 11 is 0. The molecule has 0 aliphatic carbocycles. The fourth-order valence-corrected chi connectivity index (χ4v) is 4.08. The lowest BCUT2D eigenvalue weighted by molar-refractivity contribution is -0.118. The van der Waals surface area contributed by atoms with E-state index in [1.165, 1.54) is 0 Å². The molecular weight excluding hydrogens is 254 g/mol. The largest absolute Gasteiger partial charge is 0.372 e. The summed E-state index contributed by atoms with van der Waals surface area (Å²) in [6.07, 6.45) is 4.64. The zero-order valence-corrected chi connectivity index (χ0v) is 13.3. The Balaban J connectivity index is 1.59. The van der Waals surface area contributed by atoms with Gasteiger partial charge in [-0.15, -0.1) is 0 Å². The Labute approximate surface area is 122 Å². The number of piperidine rings is 1. The van der Waals surface area contributed by atoms with Crippen molar-refractivity contribution in [1.29, 1.82) is 0 Å². The molecule has 2 unspecified atom stereocenters. The van der Waals surface area contributed by atoms with Crippen molar-refractivity contribution >= 4 is 0 Å². The van der Waals surface area contributed by atoms with Gasteiger partial charge in [0.1, 0.15) is 0 Å². The SMILES string of the molecule is CC1(C)CC(OC2COC3(CCNCC3)C2)C(C)(C)O1. The third-order valence-electron chi connectivity index (χ3n) is 5.04. The first-order valence-electron chi connectivity index (χ1n) is 8.01. The zero-order chi connectivity index (χ0) is 14.4. The molecule has 20 heavy (non-hydrogen) atoms. The average Bonchev–Trinajstić information content (AvgIpc) is 2.79. The molecule has 0 aromatic carbocycles. The van der Waals surface area contributed by atoms with Gasteiger partial charge in [0.05, 0.1) is 35.6 Å². The van der Waals surface area contributed by atoms with E-state index in [1.807, 2.05) is 0 Å². The number of nitrogens with one attached hydrogen (secondary N) is 1. The summed E-state index contributed by atoms with van der Waals surface area (Å²) in [6.45, 7) is 11.5. The summed E-state index contributed by atoms with van der Waals surface area (Å²) in [6, 6.07) is 0. The Bertz CT molecular complexity index is 361. The second-order valence-corrected chi connectivity index (χ2v) is 7.86. The third kappa shape index (κ3) is 2.89. The molecule has 4 heteroatoms. The van der Waals surface area contributed by atoms with E-state index in [2.05, 4.69) is 33.0 Å². The van der Waals surface area contributed by atoms with Crippen LogP contribution in [0.4, 0.5) is 0 Å². The number of ether oxygens (including phenoxy) is 3. The van der Waals surface area contributed by atoms with E-state index in [9.17, 15) is 0 Å². The standard InChI is InChI=1S/C16H29NO3/c1-14(2)10-13(15(3,4)20-14)19-12-9-16(18-11-12)5-7-17-8-6-16/h12-13,17H,5-11H2,1-4H3. The molecule has 0 aromatic heterocycles. The van der Waals surface area contributed by atoms with Gasteiger partial charge in [0, 0.05) is 12.8 Å². The summed E-state index contributed by atoms with van der Waals surface area (Å²) in [5.41, 5.74) is -0.206. The smallest absolute Gasteiger partial charge is 0.0895 e. The first kappa shape index (κ1) is 14.8. The highest BCUT2D eigenvalue weighted by Gasteiger charge is 2.49. The van der Waals surface area contributed by atoms with Crippen molar-refractivity contribution in [3.05, 3.63) is 0 Å². The van der Waals surface area contributed by atoms with Crippen LogP contribution < -0.4 is 5.32 Å². The van der Waals surface area contributed by atoms with Crippen molar-refractivity contribution < 1.29 is 14.2 Å². The second kappa shape index (κ2) is 4.94. The molecule has 1 spiro atoms. The van der Waals surface area contributed by atoms with E-state index in [4.69, 9.17) is 14.2 Å². The van der Waals surface area contributed by atoms with E-state index in [-0.39, 0.29) is 29.0 Å². The van der Waals surface area contributed by atoms with Crippen LogP contribution in [0.1, 0.15) is 53.4 Å². The molecule has 3 rings (SSSR count). The lowest BCUT2D eigenvalue weighted by Gasteiger charge is -2.33. The van der Waals surface area contributed by atoms with Gasteiger partial charge in [0.2, 0.25) is 0 Å². The Morgan fingerprint density at radius 3 is 2.35 bits per heavy atom. The highest BCUT2D eigenvalue weighted by molar-refractivity contribution is 4.98. The average molecular weight is 283 g/mol. The molecular formula is C16H29NO3. The van der Waals surface area contributed by atoms with Crippen LogP contribution in [0, 0.1) is 0 Å². The quantitative estimate of drug-likeness (QED) is 0.844. The number of hydrogen-bond donors (Lipinski definition) is 1. The van der Waals surface area contributed by atoms with Gasteiger partial charge in [0.25, 0.3) is 0 Å². The molecule has 116 valence electrons. The van der Waals surface area contributed by atoms with Gasteiger partial charge in [-0.05, 0) is 53.6 Å². The molecule has 0 aromatic rings. The van der Waals surface area contributed by atoms with Gasteiger partial charge in [-0.1, -0.05) is 0 Å². The van der Waals surface area contributed by atoms with Crippen LogP contribution in [0.25, 0.3) is 0 Å². The van der Waals surface area contributed by atoms with Gasteiger partial charge in [-0.2, -0.15) is 0 Å². The maximum absolute atomic E-state index is 6.38. The summed E-state index contributed by atoms with van der Waals surface area (Å²) < 4.78 is 18.6. The Hall–Kier alpha value is -0.160. The van der Waals surface area contributed by atoms with Gasteiger partial charge >= 0.3 is 0 Å². The lowest BCUT2D eigenvalue weighted by Crippen LogP contribution is -2.42. The fraction of sp³-hybridized carbons (Fsp3) is 1.00. The highest BCUT2D eigenvalue weighted by Crippen LogP contribution is 2.42. The van der Waals surface area contributed by atoms with Crippen molar-refractivity contribution in [2.45, 2.75) is 82.4 Å². The normalized spacial score (nSPS) is 38.4. The summed E-state index contributed by atoms with van der Waals surface area (Å²) in [5, 5.41) is 3.41. The molecule has 1 N–H and O–H groups in total. The topological polar surface area (TPSA) is 39.7 Å². The molecule has 3 fully saturated rings. The lowest BCUT2D eigenvalue weighted by atomic mass is 9.88. The first-order valence-corrected chi connectivity index (χ1v) is 8.01. The van der Waals surface area contributed by atoms with Gasteiger partial charge < -0.3 is 19.5 Å². The molecule has 3 aliphatic heterocycles. The second-order valence-electron chi connectivity index (χ2n) is 7.86. The Morgan fingerprint density at radius 1 is 1.05 bits per heavy atom. The van der Waals surface area contributed by atoms with Crippen molar-refractivity contribution in [1.82, 2.24) is 5.32 Å². The minimum absolute atomic E-state index is 0.0784. The van der Waals surface area contributed by atoms with Crippen molar-refractivity contribution in [3.63, 3.8) is 0 Å². The van der Waals surface area contributed by atoms with E-state index in [0.29, 0.717) is 0 Å². The summed E-state index contributed by atoms with van der Waals surface area (Å²) in [7, 11) is 0. The summed E-state index contributed by atoms with van der Waals surface area (Å²) in [5.74, 6) is 0. The van der Waals surface area contributed by atoms with Crippen LogP contribution in [0.2, 0.25) is 0 Å².